The minimum atomic E-state index is -0.372. The lowest BCUT2D eigenvalue weighted by Gasteiger charge is -2.24. The standard InChI is InChI=1S/C18H13Cl2FN4O2/c19-13-5-11(15-7-16(26)24-18-22-9-23-25(15)18)6-14(20)17(13)27-8-10-2-1-3-12(21)4-10/h1-6,9,15H,7-8H2,(H,22,23,24,26). The summed E-state index contributed by atoms with van der Waals surface area (Å²) in [6.07, 6.45) is 1.56. The van der Waals surface area contributed by atoms with E-state index in [1.54, 1.807) is 28.9 Å². The third-order valence-electron chi connectivity index (χ3n) is 4.18. The molecule has 0 fully saturated rings. The molecule has 0 radical (unpaired) electrons. The summed E-state index contributed by atoms with van der Waals surface area (Å²) >= 11 is 12.7. The van der Waals surface area contributed by atoms with E-state index in [0.29, 0.717) is 32.9 Å². The van der Waals surface area contributed by atoms with Gasteiger partial charge in [-0.1, -0.05) is 35.3 Å². The summed E-state index contributed by atoms with van der Waals surface area (Å²) in [5.74, 6) is 0.155. The Balaban J connectivity index is 1.60. The molecule has 0 spiro atoms. The normalized spacial score (nSPS) is 16.0. The summed E-state index contributed by atoms with van der Waals surface area (Å²) in [5.41, 5.74) is 1.37. The van der Waals surface area contributed by atoms with Crippen LogP contribution < -0.4 is 10.1 Å². The van der Waals surface area contributed by atoms with Crippen molar-refractivity contribution in [1.82, 2.24) is 14.8 Å². The molecule has 2 aromatic carbocycles. The van der Waals surface area contributed by atoms with E-state index in [1.807, 2.05) is 0 Å². The molecule has 1 atom stereocenters. The Morgan fingerprint density at radius 3 is 2.78 bits per heavy atom. The summed E-state index contributed by atoms with van der Waals surface area (Å²) < 4.78 is 20.6. The molecule has 1 aromatic heterocycles. The highest BCUT2D eigenvalue weighted by Crippen LogP contribution is 2.39. The van der Waals surface area contributed by atoms with Crippen LogP contribution in [0.25, 0.3) is 0 Å². The molecule has 3 aromatic rings. The van der Waals surface area contributed by atoms with Gasteiger partial charge in [-0.2, -0.15) is 10.1 Å². The van der Waals surface area contributed by atoms with Crippen molar-refractivity contribution in [3.8, 4) is 5.75 Å². The molecule has 0 saturated heterocycles. The van der Waals surface area contributed by atoms with Crippen LogP contribution in [-0.4, -0.2) is 20.7 Å². The van der Waals surface area contributed by atoms with Gasteiger partial charge in [-0.25, -0.2) is 9.07 Å². The number of fused-ring (bicyclic) bond motifs is 1. The summed E-state index contributed by atoms with van der Waals surface area (Å²) in [4.78, 5) is 15.9. The largest absolute Gasteiger partial charge is 0.486 e. The zero-order valence-corrected chi connectivity index (χ0v) is 15.3. The van der Waals surface area contributed by atoms with Crippen LogP contribution in [0.3, 0.4) is 0 Å². The van der Waals surface area contributed by atoms with Gasteiger partial charge < -0.3 is 4.74 Å². The van der Waals surface area contributed by atoms with E-state index >= 15 is 0 Å². The Bertz CT molecular complexity index is 1000. The molecule has 2 heterocycles. The Morgan fingerprint density at radius 1 is 1.26 bits per heavy atom. The van der Waals surface area contributed by atoms with E-state index in [4.69, 9.17) is 27.9 Å². The third-order valence-corrected chi connectivity index (χ3v) is 4.74. The minimum Gasteiger partial charge on any atom is -0.486 e. The maximum Gasteiger partial charge on any atom is 0.229 e. The van der Waals surface area contributed by atoms with Crippen LogP contribution in [0.4, 0.5) is 10.3 Å². The second-order valence-electron chi connectivity index (χ2n) is 6.03. The van der Waals surface area contributed by atoms with Crippen molar-refractivity contribution in [2.45, 2.75) is 19.1 Å². The fourth-order valence-corrected chi connectivity index (χ4v) is 3.57. The molecule has 4 rings (SSSR count). The molecule has 1 N–H and O–H groups in total. The smallest absolute Gasteiger partial charge is 0.229 e. The number of amides is 1. The Hall–Kier alpha value is -2.64. The number of nitrogens with one attached hydrogen (secondary N) is 1. The molecule has 0 aliphatic carbocycles. The predicted octanol–water partition coefficient (Wildman–Crippen LogP) is 4.23. The molecule has 27 heavy (non-hydrogen) atoms. The predicted molar refractivity (Wildman–Crippen MR) is 98.6 cm³/mol. The number of hydrogen-bond donors (Lipinski definition) is 1. The first-order valence-corrected chi connectivity index (χ1v) is 8.82. The number of carbonyl (C=O) groups is 1. The summed E-state index contributed by atoms with van der Waals surface area (Å²) in [7, 11) is 0. The van der Waals surface area contributed by atoms with Crippen LogP contribution in [0.5, 0.6) is 5.75 Å². The van der Waals surface area contributed by atoms with Gasteiger partial charge in [0, 0.05) is 0 Å². The highest BCUT2D eigenvalue weighted by Gasteiger charge is 2.28. The van der Waals surface area contributed by atoms with Gasteiger partial charge in [-0.3, -0.25) is 10.1 Å². The maximum absolute atomic E-state index is 13.3. The van der Waals surface area contributed by atoms with Gasteiger partial charge in [0.1, 0.15) is 18.8 Å². The van der Waals surface area contributed by atoms with Gasteiger partial charge in [-0.05, 0) is 35.4 Å². The number of aromatic nitrogens is 3. The van der Waals surface area contributed by atoms with E-state index in [-0.39, 0.29) is 30.8 Å². The van der Waals surface area contributed by atoms with Gasteiger partial charge >= 0.3 is 0 Å². The Morgan fingerprint density at radius 2 is 2.04 bits per heavy atom. The number of hydrogen-bond acceptors (Lipinski definition) is 4. The number of nitrogens with zero attached hydrogens (tertiary/aromatic N) is 3. The minimum absolute atomic E-state index is 0.121. The molecule has 1 unspecified atom stereocenters. The van der Waals surface area contributed by atoms with Gasteiger partial charge in [0.25, 0.3) is 0 Å². The zero-order chi connectivity index (χ0) is 19.0. The first-order chi connectivity index (χ1) is 13.0. The van der Waals surface area contributed by atoms with Gasteiger partial charge in [0.15, 0.2) is 5.75 Å². The van der Waals surface area contributed by atoms with E-state index in [1.165, 1.54) is 18.5 Å². The average molecular weight is 407 g/mol. The lowest BCUT2D eigenvalue weighted by Crippen LogP contribution is -2.29. The number of anilines is 1. The van der Waals surface area contributed by atoms with E-state index in [9.17, 15) is 9.18 Å². The molecule has 1 aliphatic heterocycles. The highest BCUT2D eigenvalue weighted by atomic mass is 35.5. The monoisotopic (exact) mass is 406 g/mol. The highest BCUT2D eigenvalue weighted by molar-refractivity contribution is 6.37. The first kappa shape index (κ1) is 17.8. The van der Waals surface area contributed by atoms with Crippen molar-refractivity contribution < 1.29 is 13.9 Å². The van der Waals surface area contributed by atoms with Crippen LogP contribution in [0, 0.1) is 5.82 Å². The van der Waals surface area contributed by atoms with Crippen molar-refractivity contribution >= 4 is 35.1 Å². The lowest BCUT2D eigenvalue weighted by atomic mass is 10.0. The van der Waals surface area contributed by atoms with Gasteiger partial charge in [-0.15, -0.1) is 0 Å². The number of ether oxygens (including phenoxy) is 1. The van der Waals surface area contributed by atoms with Crippen LogP contribution in [-0.2, 0) is 11.4 Å². The molecule has 0 saturated carbocycles. The lowest BCUT2D eigenvalue weighted by molar-refractivity contribution is -0.117. The summed E-state index contributed by atoms with van der Waals surface area (Å²) in [6, 6.07) is 9.08. The van der Waals surface area contributed by atoms with E-state index < -0.39 is 0 Å². The van der Waals surface area contributed by atoms with Crippen LogP contribution in [0.15, 0.2) is 42.7 Å². The maximum atomic E-state index is 13.3. The fourth-order valence-electron chi connectivity index (χ4n) is 2.96. The van der Waals surface area contributed by atoms with Crippen LogP contribution in [0.2, 0.25) is 10.0 Å². The SMILES string of the molecule is O=C1CC(c2cc(Cl)c(OCc3cccc(F)c3)c(Cl)c2)n2ncnc2N1. The quantitative estimate of drug-likeness (QED) is 0.703. The van der Waals surface area contributed by atoms with E-state index in [0.717, 1.165) is 0 Å². The number of halogens is 3. The van der Waals surface area contributed by atoms with Crippen LogP contribution in [0.1, 0.15) is 23.6 Å². The summed E-state index contributed by atoms with van der Waals surface area (Å²) in [5, 5.41) is 7.39. The first-order valence-electron chi connectivity index (χ1n) is 8.07. The fraction of sp³-hybridized carbons (Fsp3) is 0.167. The molecule has 1 aliphatic rings. The topological polar surface area (TPSA) is 69.0 Å². The van der Waals surface area contributed by atoms with E-state index in [2.05, 4.69) is 15.4 Å². The number of carbonyl (C=O) groups excluding carboxylic acids is 1. The molecule has 9 heteroatoms. The van der Waals surface area contributed by atoms with Crippen molar-refractivity contribution in [2.24, 2.45) is 0 Å². The van der Waals surface area contributed by atoms with Crippen molar-refractivity contribution in [3.63, 3.8) is 0 Å². The van der Waals surface area contributed by atoms with Crippen molar-refractivity contribution in [3.05, 3.63) is 69.7 Å². The number of benzene rings is 2. The van der Waals surface area contributed by atoms with Gasteiger partial charge in [0.2, 0.25) is 11.9 Å². The average Bonchev–Trinajstić information content (AvgIpc) is 3.08. The molecule has 1 amide bonds. The second-order valence-corrected chi connectivity index (χ2v) is 6.84. The number of rotatable bonds is 4. The molecular weight excluding hydrogens is 394 g/mol. The molecule has 0 bridgehead atoms. The van der Waals surface area contributed by atoms with Crippen molar-refractivity contribution in [2.75, 3.05) is 5.32 Å². The van der Waals surface area contributed by atoms with Crippen molar-refractivity contribution in [1.29, 1.82) is 0 Å². The molecule has 138 valence electrons. The Kier molecular flexibility index (Phi) is 4.72. The summed E-state index contributed by atoms with van der Waals surface area (Å²) in [6.45, 7) is 0.121. The molecular formula is C18H13Cl2FN4O2. The zero-order valence-electron chi connectivity index (χ0n) is 13.8. The van der Waals surface area contributed by atoms with Gasteiger partial charge in [0.05, 0.1) is 22.5 Å². The Labute approximate surface area is 163 Å². The molecule has 6 nitrogen and oxygen atoms in total. The van der Waals surface area contributed by atoms with Crippen LogP contribution >= 0.6 is 23.2 Å². The third kappa shape index (κ3) is 3.61. The second kappa shape index (κ2) is 7.17.